The molecule has 1 atom stereocenters. The first-order valence-corrected chi connectivity index (χ1v) is 4.22. The van der Waals surface area contributed by atoms with Gasteiger partial charge in [0.1, 0.15) is 6.04 Å². The first-order chi connectivity index (χ1) is 6.32. The lowest BCUT2D eigenvalue weighted by atomic mass is 9.99. The number of hydrogen-bond acceptors (Lipinski definition) is 1. The fourth-order valence-corrected chi connectivity index (χ4v) is 1.27. The highest BCUT2D eigenvalue weighted by molar-refractivity contribution is 5.85. The zero-order valence-corrected chi connectivity index (χ0v) is 9.25. The lowest BCUT2D eigenvalue weighted by Crippen LogP contribution is -2.29. The molecular formula is C10H13ClF3N. The van der Waals surface area contributed by atoms with E-state index in [9.17, 15) is 13.2 Å². The zero-order valence-electron chi connectivity index (χ0n) is 8.43. The summed E-state index contributed by atoms with van der Waals surface area (Å²) in [5.74, 6) is 0. The van der Waals surface area contributed by atoms with Crippen LogP contribution < -0.4 is 5.73 Å². The molecule has 1 rings (SSSR count). The summed E-state index contributed by atoms with van der Waals surface area (Å²) in [5.41, 5.74) is 6.62. The maximum Gasteiger partial charge on any atom is 0.407 e. The van der Waals surface area contributed by atoms with Crippen LogP contribution in [-0.4, -0.2) is 6.18 Å². The predicted octanol–water partition coefficient (Wildman–Crippen LogP) is 3.29. The average molecular weight is 240 g/mol. The second-order valence-electron chi connectivity index (χ2n) is 3.38. The molecule has 1 aromatic carbocycles. The van der Waals surface area contributed by atoms with Gasteiger partial charge in [-0.15, -0.1) is 12.4 Å². The minimum absolute atomic E-state index is 0. The fraction of sp³-hybridized carbons (Fsp3) is 0.400. The van der Waals surface area contributed by atoms with E-state index in [1.165, 1.54) is 6.07 Å². The summed E-state index contributed by atoms with van der Waals surface area (Å²) in [6, 6.07) is 3.01. The van der Waals surface area contributed by atoms with Crippen molar-refractivity contribution in [2.24, 2.45) is 5.73 Å². The minimum Gasteiger partial charge on any atom is -0.316 e. The van der Waals surface area contributed by atoms with Crippen LogP contribution in [0.15, 0.2) is 18.2 Å². The normalized spacial score (nSPS) is 13.2. The number of hydrogen-bond donors (Lipinski definition) is 1. The summed E-state index contributed by atoms with van der Waals surface area (Å²) in [4.78, 5) is 0. The average Bonchev–Trinajstić information content (AvgIpc) is 2.06. The van der Waals surface area contributed by atoms with Crippen molar-refractivity contribution in [3.05, 3.63) is 34.9 Å². The van der Waals surface area contributed by atoms with Crippen LogP contribution in [0.2, 0.25) is 0 Å². The Hall–Kier alpha value is -0.740. The van der Waals surface area contributed by atoms with Crippen molar-refractivity contribution >= 4 is 12.4 Å². The molecule has 0 aliphatic carbocycles. The second-order valence-corrected chi connectivity index (χ2v) is 3.38. The van der Waals surface area contributed by atoms with Crippen molar-refractivity contribution in [2.75, 3.05) is 0 Å². The second kappa shape index (κ2) is 4.86. The van der Waals surface area contributed by atoms with Crippen molar-refractivity contribution in [1.29, 1.82) is 0 Å². The zero-order chi connectivity index (χ0) is 10.9. The quantitative estimate of drug-likeness (QED) is 0.800. The van der Waals surface area contributed by atoms with E-state index in [1.807, 2.05) is 0 Å². The maximum absolute atomic E-state index is 12.3. The van der Waals surface area contributed by atoms with Crippen LogP contribution in [0, 0.1) is 13.8 Å². The van der Waals surface area contributed by atoms with Crippen LogP contribution >= 0.6 is 12.4 Å². The Balaban J connectivity index is 0.00000196. The van der Waals surface area contributed by atoms with Gasteiger partial charge in [0.05, 0.1) is 0 Å². The largest absolute Gasteiger partial charge is 0.407 e. The SMILES string of the molecule is Cc1ccc(C)c([C@H](N)C(F)(F)F)c1.Cl. The topological polar surface area (TPSA) is 26.0 Å². The van der Waals surface area contributed by atoms with Crippen molar-refractivity contribution in [2.45, 2.75) is 26.1 Å². The van der Waals surface area contributed by atoms with Gasteiger partial charge in [-0.05, 0) is 25.0 Å². The molecule has 1 aromatic rings. The van der Waals surface area contributed by atoms with E-state index in [2.05, 4.69) is 0 Å². The van der Waals surface area contributed by atoms with Crippen LogP contribution in [0.1, 0.15) is 22.7 Å². The van der Waals surface area contributed by atoms with Gasteiger partial charge in [0.2, 0.25) is 0 Å². The lowest BCUT2D eigenvalue weighted by molar-refractivity contribution is -0.149. The summed E-state index contributed by atoms with van der Waals surface area (Å²) in [7, 11) is 0. The van der Waals surface area contributed by atoms with E-state index in [-0.39, 0.29) is 18.0 Å². The van der Waals surface area contributed by atoms with Gasteiger partial charge in [-0.2, -0.15) is 13.2 Å². The highest BCUT2D eigenvalue weighted by Crippen LogP contribution is 2.32. The fourth-order valence-electron chi connectivity index (χ4n) is 1.27. The van der Waals surface area contributed by atoms with E-state index in [1.54, 1.807) is 26.0 Å². The molecule has 0 bridgehead atoms. The highest BCUT2D eigenvalue weighted by Gasteiger charge is 2.38. The van der Waals surface area contributed by atoms with Crippen LogP contribution in [0.25, 0.3) is 0 Å². The van der Waals surface area contributed by atoms with Crippen LogP contribution in [0.5, 0.6) is 0 Å². The highest BCUT2D eigenvalue weighted by atomic mass is 35.5. The molecule has 0 heterocycles. The summed E-state index contributed by atoms with van der Waals surface area (Å²) in [5, 5.41) is 0. The predicted molar refractivity (Wildman–Crippen MR) is 56.1 cm³/mol. The van der Waals surface area contributed by atoms with Gasteiger partial charge < -0.3 is 5.73 Å². The Morgan fingerprint density at radius 2 is 1.73 bits per heavy atom. The molecule has 0 saturated carbocycles. The molecule has 0 aliphatic heterocycles. The van der Waals surface area contributed by atoms with Gasteiger partial charge >= 0.3 is 6.18 Å². The van der Waals surface area contributed by atoms with Crippen molar-refractivity contribution in [3.8, 4) is 0 Å². The Kier molecular flexibility index (Phi) is 4.62. The number of benzene rings is 1. The first-order valence-electron chi connectivity index (χ1n) is 4.22. The third-order valence-corrected chi connectivity index (χ3v) is 2.12. The number of halogens is 4. The van der Waals surface area contributed by atoms with Crippen LogP contribution in [0.3, 0.4) is 0 Å². The van der Waals surface area contributed by atoms with Gasteiger partial charge in [-0.25, -0.2) is 0 Å². The molecule has 0 unspecified atom stereocenters. The molecule has 0 aliphatic rings. The molecule has 1 nitrogen and oxygen atoms in total. The number of rotatable bonds is 1. The van der Waals surface area contributed by atoms with Crippen LogP contribution in [-0.2, 0) is 0 Å². The van der Waals surface area contributed by atoms with E-state index < -0.39 is 12.2 Å². The summed E-state index contributed by atoms with van der Waals surface area (Å²) < 4.78 is 37.0. The molecule has 0 fully saturated rings. The Morgan fingerprint density at radius 3 is 2.20 bits per heavy atom. The number of alkyl halides is 3. The van der Waals surface area contributed by atoms with E-state index in [0.29, 0.717) is 5.56 Å². The monoisotopic (exact) mass is 239 g/mol. The standard InChI is InChI=1S/C10H12F3N.ClH/c1-6-3-4-7(2)8(5-6)9(14)10(11,12)13;/h3-5,9H,14H2,1-2H3;1H/t9-;/m0./s1. The van der Waals surface area contributed by atoms with Gasteiger partial charge in [-0.1, -0.05) is 23.8 Å². The Bertz CT molecular complexity index is 336. The van der Waals surface area contributed by atoms with Crippen molar-refractivity contribution in [3.63, 3.8) is 0 Å². The molecule has 0 saturated heterocycles. The number of aryl methyl sites for hydroxylation is 2. The summed E-state index contributed by atoms with van der Waals surface area (Å²) >= 11 is 0. The van der Waals surface area contributed by atoms with Gasteiger partial charge in [0.25, 0.3) is 0 Å². The third kappa shape index (κ3) is 3.39. The Morgan fingerprint density at radius 1 is 1.20 bits per heavy atom. The van der Waals surface area contributed by atoms with Crippen molar-refractivity contribution < 1.29 is 13.2 Å². The summed E-state index contributed by atoms with van der Waals surface area (Å²) in [6.45, 7) is 3.37. The maximum atomic E-state index is 12.3. The van der Waals surface area contributed by atoms with Crippen molar-refractivity contribution in [1.82, 2.24) is 0 Å². The molecule has 0 amide bonds. The van der Waals surface area contributed by atoms with E-state index in [0.717, 1.165) is 5.56 Å². The molecule has 2 N–H and O–H groups in total. The molecule has 86 valence electrons. The smallest absolute Gasteiger partial charge is 0.316 e. The van der Waals surface area contributed by atoms with Crippen LogP contribution in [0.4, 0.5) is 13.2 Å². The molecule has 0 spiro atoms. The minimum atomic E-state index is -4.38. The van der Waals surface area contributed by atoms with Gasteiger partial charge in [0, 0.05) is 0 Å². The molecule has 0 aromatic heterocycles. The van der Waals surface area contributed by atoms with Gasteiger partial charge in [0.15, 0.2) is 0 Å². The Labute approximate surface area is 92.9 Å². The van der Waals surface area contributed by atoms with E-state index in [4.69, 9.17) is 5.73 Å². The van der Waals surface area contributed by atoms with E-state index >= 15 is 0 Å². The lowest BCUT2D eigenvalue weighted by Gasteiger charge is -2.18. The number of nitrogens with two attached hydrogens (primary N) is 1. The first kappa shape index (κ1) is 14.3. The molecular weight excluding hydrogens is 227 g/mol. The molecule has 15 heavy (non-hydrogen) atoms. The third-order valence-electron chi connectivity index (χ3n) is 2.12. The summed E-state index contributed by atoms with van der Waals surface area (Å²) in [6.07, 6.45) is -4.38. The molecule has 0 radical (unpaired) electrons. The van der Waals surface area contributed by atoms with Gasteiger partial charge in [-0.3, -0.25) is 0 Å². The molecule has 5 heteroatoms.